The summed E-state index contributed by atoms with van der Waals surface area (Å²) < 4.78 is 0.888. The number of aromatic carboxylic acids is 1. The predicted molar refractivity (Wildman–Crippen MR) is 70.7 cm³/mol. The molecule has 0 aliphatic carbocycles. The van der Waals surface area contributed by atoms with E-state index in [1.165, 1.54) is 0 Å². The predicted octanol–water partition coefficient (Wildman–Crippen LogP) is 2.78. The maximum Gasteiger partial charge on any atom is 0.375 e. The number of carboxylic acid groups (broad SMARTS) is 1. The molecule has 6 heteroatoms. The molecular weight excluding hydrogens is 298 g/mol. The van der Waals surface area contributed by atoms with Crippen LogP contribution in [0.4, 0.5) is 0 Å². The highest BCUT2D eigenvalue weighted by Gasteiger charge is 2.23. The molecule has 1 aromatic carbocycles. The second-order valence-corrected chi connectivity index (χ2v) is 5.84. The number of nitrogens with zero attached hydrogens (tertiary/aromatic N) is 3. The van der Waals surface area contributed by atoms with Crippen LogP contribution in [0.25, 0.3) is 11.0 Å². The highest BCUT2D eigenvalue weighted by atomic mass is 79.9. The fourth-order valence-corrected chi connectivity index (χ4v) is 2.70. The van der Waals surface area contributed by atoms with E-state index in [-0.39, 0.29) is 11.2 Å². The number of carbonyl (C=O) groups is 1. The first-order chi connectivity index (χ1) is 8.30. The molecule has 0 aliphatic rings. The first-order valence-electron chi connectivity index (χ1n) is 5.37. The normalized spacial score (nSPS) is 11.8. The first-order valence-corrected chi connectivity index (χ1v) is 6.16. The lowest BCUT2D eigenvalue weighted by Gasteiger charge is -2.21. The van der Waals surface area contributed by atoms with Crippen molar-refractivity contribution >= 4 is 32.9 Å². The second-order valence-electron chi connectivity index (χ2n) is 4.98. The number of halogens is 1. The Morgan fingerprint density at radius 2 is 1.94 bits per heavy atom. The molecular formula is C12H12BrN3O2. The minimum Gasteiger partial charge on any atom is -0.475 e. The Bertz CT molecular complexity index is 635. The van der Waals surface area contributed by atoms with Gasteiger partial charge in [0.15, 0.2) is 0 Å². The van der Waals surface area contributed by atoms with Crippen LogP contribution in [0, 0.1) is 0 Å². The van der Waals surface area contributed by atoms with Crippen LogP contribution in [0.2, 0.25) is 0 Å². The molecule has 0 saturated heterocycles. The molecule has 0 unspecified atom stereocenters. The monoisotopic (exact) mass is 309 g/mol. The summed E-state index contributed by atoms with van der Waals surface area (Å²) in [6, 6.07) is 3.64. The van der Waals surface area contributed by atoms with E-state index in [1.54, 1.807) is 6.07 Å². The largest absolute Gasteiger partial charge is 0.475 e. The van der Waals surface area contributed by atoms with Crippen molar-refractivity contribution in [1.82, 2.24) is 15.2 Å². The van der Waals surface area contributed by atoms with Crippen molar-refractivity contribution in [2.45, 2.75) is 26.2 Å². The standard InChI is InChI=1S/C12H12BrN3O2/c1-12(2,3)8-6(13)4-5-7-9(8)14-10(11(17)18)16-15-7/h4-5H,1-3H3,(H,17,18). The fourth-order valence-electron chi connectivity index (χ4n) is 1.78. The minimum absolute atomic E-state index is 0.176. The molecule has 0 fully saturated rings. The minimum atomic E-state index is -1.18. The average Bonchev–Trinajstić information content (AvgIpc) is 2.25. The van der Waals surface area contributed by atoms with Gasteiger partial charge < -0.3 is 5.11 Å². The highest BCUT2D eigenvalue weighted by molar-refractivity contribution is 9.10. The molecule has 0 aliphatic heterocycles. The Morgan fingerprint density at radius 1 is 1.28 bits per heavy atom. The Balaban J connectivity index is 2.85. The van der Waals surface area contributed by atoms with Gasteiger partial charge >= 0.3 is 5.97 Å². The smallest absolute Gasteiger partial charge is 0.375 e. The van der Waals surface area contributed by atoms with E-state index in [4.69, 9.17) is 5.11 Å². The molecule has 94 valence electrons. The fraction of sp³-hybridized carbons (Fsp3) is 0.333. The summed E-state index contributed by atoms with van der Waals surface area (Å²) in [5.41, 5.74) is 1.92. The number of aromatic nitrogens is 3. The summed E-state index contributed by atoms with van der Waals surface area (Å²) in [5, 5.41) is 16.4. The van der Waals surface area contributed by atoms with Gasteiger partial charge in [0.2, 0.25) is 0 Å². The third-order valence-electron chi connectivity index (χ3n) is 2.52. The summed E-state index contributed by atoms with van der Waals surface area (Å²) in [6.45, 7) is 6.11. The molecule has 0 spiro atoms. The molecule has 2 aromatic rings. The highest BCUT2D eigenvalue weighted by Crippen LogP contribution is 2.34. The Labute approximate surface area is 112 Å². The van der Waals surface area contributed by atoms with E-state index in [2.05, 4.69) is 31.1 Å². The molecule has 0 bridgehead atoms. The maximum atomic E-state index is 10.9. The van der Waals surface area contributed by atoms with Crippen LogP contribution in [0.3, 0.4) is 0 Å². The lowest BCUT2D eigenvalue weighted by Crippen LogP contribution is -2.15. The third kappa shape index (κ3) is 2.20. The van der Waals surface area contributed by atoms with Crippen molar-refractivity contribution in [3.63, 3.8) is 0 Å². The van der Waals surface area contributed by atoms with Gasteiger partial charge in [0.1, 0.15) is 5.52 Å². The van der Waals surface area contributed by atoms with Crippen molar-refractivity contribution in [2.24, 2.45) is 0 Å². The maximum absolute atomic E-state index is 10.9. The molecule has 0 radical (unpaired) electrons. The number of rotatable bonds is 1. The van der Waals surface area contributed by atoms with Crippen molar-refractivity contribution < 1.29 is 9.90 Å². The van der Waals surface area contributed by atoms with Gasteiger partial charge in [-0.2, -0.15) is 0 Å². The zero-order valence-electron chi connectivity index (χ0n) is 10.2. The van der Waals surface area contributed by atoms with Crippen LogP contribution in [0.5, 0.6) is 0 Å². The zero-order valence-corrected chi connectivity index (χ0v) is 11.8. The van der Waals surface area contributed by atoms with Gasteiger partial charge in [-0.15, -0.1) is 10.2 Å². The van der Waals surface area contributed by atoms with Crippen molar-refractivity contribution in [1.29, 1.82) is 0 Å². The van der Waals surface area contributed by atoms with Crippen molar-refractivity contribution in [3.8, 4) is 0 Å². The van der Waals surface area contributed by atoms with Gasteiger partial charge in [0, 0.05) is 4.47 Å². The Hall–Kier alpha value is -1.56. The van der Waals surface area contributed by atoms with Crippen LogP contribution in [0.15, 0.2) is 16.6 Å². The number of hydrogen-bond donors (Lipinski definition) is 1. The summed E-state index contributed by atoms with van der Waals surface area (Å²) in [6.07, 6.45) is 0. The molecule has 0 amide bonds. The van der Waals surface area contributed by atoms with Crippen LogP contribution in [-0.4, -0.2) is 26.3 Å². The van der Waals surface area contributed by atoms with E-state index in [9.17, 15) is 4.79 Å². The van der Waals surface area contributed by atoms with E-state index < -0.39 is 5.97 Å². The number of fused-ring (bicyclic) bond motifs is 1. The SMILES string of the molecule is CC(C)(C)c1c(Br)ccc2nnc(C(=O)O)nc12. The summed E-state index contributed by atoms with van der Waals surface area (Å²) >= 11 is 3.48. The average molecular weight is 310 g/mol. The van der Waals surface area contributed by atoms with Crippen molar-refractivity contribution in [2.75, 3.05) is 0 Å². The number of hydrogen-bond acceptors (Lipinski definition) is 4. The van der Waals surface area contributed by atoms with Crippen LogP contribution >= 0.6 is 15.9 Å². The van der Waals surface area contributed by atoms with Gasteiger partial charge in [-0.25, -0.2) is 9.78 Å². The lowest BCUT2D eigenvalue weighted by molar-refractivity contribution is 0.0682. The van der Waals surface area contributed by atoms with E-state index in [1.807, 2.05) is 26.8 Å². The summed E-state index contributed by atoms with van der Waals surface area (Å²) in [4.78, 5) is 15.0. The molecule has 1 aromatic heterocycles. The molecule has 0 atom stereocenters. The van der Waals surface area contributed by atoms with E-state index in [0.717, 1.165) is 10.0 Å². The Morgan fingerprint density at radius 3 is 2.50 bits per heavy atom. The van der Waals surface area contributed by atoms with E-state index >= 15 is 0 Å². The van der Waals surface area contributed by atoms with Crippen molar-refractivity contribution in [3.05, 3.63) is 28.0 Å². The third-order valence-corrected chi connectivity index (χ3v) is 3.18. The lowest BCUT2D eigenvalue weighted by atomic mass is 9.86. The van der Waals surface area contributed by atoms with Gasteiger partial charge in [-0.3, -0.25) is 0 Å². The van der Waals surface area contributed by atoms with Crippen LogP contribution < -0.4 is 0 Å². The second kappa shape index (κ2) is 4.28. The van der Waals surface area contributed by atoms with Gasteiger partial charge in [-0.1, -0.05) is 36.7 Å². The topological polar surface area (TPSA) is 76.0 Å². The van der Waals surface area contributed by atoms with Crippen LogP contribution in [0.1, 0.15) is 37.0 Å². The first kappa shape index (κ1) is 12.9. The quantitative estimate of drug-likeness (QED) is 0.876. The zero-order chi connectivity index (χ0) is 13.5. The molecule has 5 nitrogen and oxygen atoms in total. The summed E-state index contributed by atoms with van der Waals surface area (Å²) in [5.74, 6) is -1.46. The van der Waals surface area contributed by atoms with E-state index in [0.29, 0.717) is 11.0 Å². The molecule has 18 heavy (non-hydrogen) atoms. The number of carboxylic acids is 1. The van der Waals surface area contributed by atoms with Gasteiger partial charge in [-0.05, 0) is 23.1 Å². The van der Waals surface area contributed by atoms with Gasteiger partial charge in [0.05, 0.1) is 5.52 Å². The van der Waals surface area contributed by atoms with Gasteiger partial charge in [0.25, 0.3) is 5.82 Å². The number of benzene rings is 1. The molecule has 2 rings (SSSR count). The van der Waals surface area contributed by atoms with Crippen LogP contribution in [-0.2, 0) is 5.41 Å². The molecule has 1 heterocycles. The molecule has 1 N–H and O–H groups in total. The Kier molecular flexibility index (Phi) is 3.06. The summed E-state index contributed by atoms with van der Waals surface area (Å²) in [7, 11) is 0. The molecule has 0 saturated carbocycles.